The number of rotatable bonds is 7. The molecule has 23 heavy (non-hydrogen) atoms. The molecule has 0 bridgehead atoms. The van der Waals surface area contributed by atoms with Crippen LogP contribution in [0.15, 0.2) is 47.5 Å². The number of aliphatic imine (C=N–C) groups is 1. The van der Waals surface area contributed by atoms with E-state index >= 15 is 0 Å². The van der Waals surface area contributed by atoms with Crippen LogP contribution in [0.4, 0.5) is 5.69 Å². The van der Waals surface area contributed by atoms with E-state index in [1.807, 2.05) is 30.3 Å². The highest BCUT2D eigenvalue weighted by Crippen LogP contribution is 2.36. The van der Waals surface area contributed by atoms with Crippen LogP contribution in [0.1, 0.15) is 5.56 Å². The van der Waals surface area contributed by atoms with E-state index in [1.165, 1.54) is 6.34 Å². The molecule has 0 unspecified atom stereocenters. The van der Waals surface area contributed by atoms with Gasteiger partial charge in [0.25, 0.3) is 0 Å². The van der Waals surface area contributed by atoms with Crippen LogP contribution in [-0.2, 0) is 11.4 Å². The Kier molecular flexibility index (Phi) is 6.76. The van der Waals surface area contributed by atoms with Crippen molar-refractivity contribution in [3.63, 3.8) is 0 Å². The van der Waals surface area contributed by atoms with Crippen molar-refractivity contribution in [2.45, 2.75) is 6.61 Å². The summed E-state index contributed by atoms with van der Waals surface area (Å²) < 4.78 is 5.27. The van der Waals surface area contributed by atoms with Crippen LogP contribution >= 0.6 is 23.2 Å². The van der Waals surface area contributed by atoms with Crippen molar-refractivity contribution in [3.8, 4) is 18.1 Å². The van der Waals surface area contributed by atoms with Gasteiger partial charge in [-0.15, -0.1) is 6.42 Å². The zero-order valence-electron chi connectivity index (χ0n) is 12.1. The number of benzene rings is 2. The van der Waals surface area contributed by atoms with E-state index in [2.05, 4.69) is 16.4 Å². The molecular formula is C17H14Cl2N2O2. The lowest BCUT2D eigenvalue weighted by atomic mass is 10.2. The minimum absolute atomic E-state index is 0.0942. The third kappa shape index (κ3) is 5.50. The van der Waals surface area contributed by atoms with Crippen LogP contribution in [0.25, 0.3) is 0 Å². The molecule has 6 heteroatoms. The molecule has 0 amide bonds. The standard InChI is InChI=1S/C17H14Cl2N2O2/c1-2-8-22-17-15(18)9-14(10-16(17)19)20-12-21-23-11-13-6-4-3-5-7-13/h1,3-7,9-10,12H,8,11H2,(H,20,21). The molecule has 0 saturated carbocycles. The second-order valence-electron chi connectivity index (χ2n) is 4.38. The van der Waals surface area contributed by atoms with Gasteiger partial charge in [0.05, 0.1) is 22.3 Å². The molecule has 0 saturated heterocycles. The van der Waals surface area contributed by atoms with E-state index in [9.17, 15) is 0 Å². The fourth-order valence-corrected chi connectivity index (χ4v) is 2.29. The number of hydrogen-bond acceptors (Lipinski definition) is 3. The summed E-state index contributed by atoms with van der Waals surface area (Å²) >= 11 is 12.2. The van der Waals surface area contributed by atoms with Gasteiger partial charge in [-0.1, -0.05) is 59.5 Å². The van der Waals surface area contributed by atoms with E-state index in [1.54, 1.807) is 12.1 Å². The van der Waals surface area contributed by atoms with Crippen LogP contribution < -0.4 is 10.2 Å². The summed E-state index contributed by atoms with van der Waals surface area (Å²) in [6, 6.07) is 13.0. The van der Waals surface area contributed by atoms with E-state index < -0.39 is 0 Å². The summed E-state index contributed by atoms with van der Waals surface area (Å²) in [5.41, 5.74) is 4.24. The lowest BCUT2D eigenvalue weighted by molar-refractivity contribution is 0.0745. The van der Waals surface area contributed by atoms with Crippen LogP contribution in [0.5, 0.6) is 5.75 Å². The third-order valence-corrected chi connectivity index (χ3v) is 3.28. The van der Waals surface area contributed by atoms with Gasteiger partial charge < -0.3 is 4.74 Å². The number of terminal acetylenes is 1. The van der Waals surface area contributed by atoms with E-state index in [0.717, 1.165) is 5.56 Å². The highest BCUT2D eigenvalue weighted by molar-refractivity contribution is 6.37. The topological polar surface area (TPSA) is 42.8 Å². The molecule has 1 N–H and O–H groups in total. The first kappa shape index (κ1) is 17.2. The normalized spacial score (nSPS) is 10.5. The van der Waals surface area contributed by atoms with Gasteiger partial charge >= 0.3 is 0 Å². The minimum atomic E-state index is 0.0942. The lowest BCUT2D eigenvalue weighted by Gasteiger charge is -2.08. The third-order valence-electron chi connectivity index (χ3n) is 2.71. The summed E-state index contributed by atoms with van der Waals surface area (Å²) in [7, 11) is 0. The van der Waals surface area contributed by atoms with Gasteiger partial charge in [0.15, 0.2) is 5.75 Å². The van der Waals surface area contributed by atoms with Crippen LogP contribution in [0, 0.1) is 12.3 Å². The summed E-state index contributed by atoms with van der Waals surface area (Å²) in [5, 5.41) is 0.676. The first-order valence-corrected chi connectivity index (χ1v) is 7.45. The second kappa shape index (κ2) is 9.06. The van der Waals surface area contributed by atoms with Crippen molar-refractivity contribution in [1.82, 2.24) is 5.48 Å². The van der Waals surface area contributed by atoms with E-state index in [4.69, 9.17) is 39.2 Å². The van der Waals surface area contributed by atoms with E-state index in [-0.39, 0.29) is 6.61 Å². The molecule has 2 rings (SSSR count). The first-order chi connectivity index (χ1) is 11.2. The number of hydrogen-bond donors (Lipinski definition) is 1. The zero-order chi connectivity index (χ0) is 16.5. The Morgan fingerprint density at radius 3 is 2.52 bits per heavy atom. The predicted molar refractivity (Wildman–Crippen MR) is 93.3 cm³/mol. The highest BCUT2D eigenvalue weighted by Gasteiger charge is 2.08. The predicted octanol–water partition coefficient (Wildman–Crippen LogP) is 4.39. The van der Waals surface area contributed by atoms with Gasteiger partial charge in [0, 0.05) is 0 Å². The fourth-order valence-electron chi connectivity index (χ4n) is 1.71. The average Bonchev–Trinajstić information content (AvgIpc) is 2.55. The maximum Gasteiger partial charge on any atom is 0.158 e. The van der Waals surface area contributed by atoms with Crippen LogP contribution in [-0.4, -0.2) is 12.9 Å². The Hall–Kier alpha value is -2.19. The van der Waals surface area contributed by atoms with Crippen LogP contribution in [0.3, 0.4) is 0 Å². The quantitative estimate of drug-likeness (QED) is 0.265. The summed E-state index contributed by atoms with van der Waals surface area (Å²) in [4.78, 5) is 9.42. The van der Waals surface area contributed by atoms with Crippen molar-refractivity contribution < 1.29 is 9.57 Å². The largest absolute Gasteiger partial charge is 0.478 e. The number of nitrogens with zero attached hydrogens (tertiary/aromatic N) is 1. The van der Waals surface area contributed by atoms with Crippen LogP contribution in [0.2, 0.25) is 10.0 Å². The number of hydroxylamine groups is 1. The van der Waals surface area contributed by atoms with Crippen molar-refractivity contribution in [1.29, 1.82) is 0 Å². The Morgan fingerprint density at radius 2 is 1.87 bits per heavy atom. The van der Waals surface area contributed by atoms with Crippen molar-refractivity contribution in [2.24, 2.45) is 4.99 Å². The smallest absolute Gasteiger partial charge is 0.158 e. The molecular weight excluding hydrogens is 335 g/mol. The summed E-state index contributed by atoms with van der Waals surface area (Å²) in [6.45, 7) is 0.518. The highest BCUT2D eigenvalue weighted by atomic mass is 35.5. The number of nitrogens with one attached hydrogen (secondary N) is 1. The Bertz CT molecular complexity index is 689. The molecule has 0 aromatic heterocycles. The molecule has 0 aliphatic heterocycles. The molecule has 118 valence electrons. The molecule has 0 fully saturated rings. The SMILES string of the molecule is C#CCOc1c(Cl)cc(N=CNOCc2ccccc2)cc1Cl. The second-order valence-corrected chi connectivity index (χ2v) is 5.20. The minimum Gasteiger partial charge on any atom is -0.478 e. The van der Waals surface area contributed by atoms with Gasteiger partial charge in [-0.05, 0) is 17.7 Å². The molecule has 0 radical (unpaired) electrons. The molecule has 0 aliphatic rings. The summed E-state index contributed by atoms with van der Waals surface area (Å²) in [6.07, 6.45) is 6.55. The molecule has 4 nitrogen and oxygen atoms in total. The molecule has 0 spiro atoms. The maximum absolute atomic E-state index is 6.09. The Morgan fingerprint density at radius 1 is 1.17 bits per heavy atom. The van der Waals surface area contributed by atoms with Crippen molar-refractivity contribution >= 4 is 35.2 Å². The first-order valence-electron chi connectivity index (χ1n) is 6.70. The molecule has 0 atom stereocenters. The van der Waals surface area contributed by atoms with Crippen molar-refractivity contribution in [2.75, 3.05) is 6.61 Å². The number of halogens is 2. The molecule has 2 aromatic carbocycles. The van der Waals surface area contributed by atoms with Gasteiger partial charge in [0.1, 0.15) is 12.9 Å². The van der Waals surface area contributed by atoms with Gasteiger partial charge in [-0.2, -0.15) is 0 Å². The number of ether oxygens (including phenoxy) is 1. The molecule has 0 aliphatic carbocycles. The maximum atomic E-state index is 6.09. The average molecular weight is 349 g/mol. The summed E-state index contributed by atoms with van der Waals surface area (Å²) in [5.74, 6) is 2.70. The lowest BCUT2D eigenvalue weighted by Crippen LogP contribution is -2.11. The van der Waals surface area contributed by atoms with Crippen molar-refractivity contribution in [3.05, 3.63) is 58.1 Å². The Labute approximate surface area is 145 Å². The van der Waals surface area contributed by atoms with E-state index in [0.29, 0.717) is 28.1 Å². The monoisotopic (exact) mass is 348 g/mol. The van der Waals surface area contributed by atoms with Gasteiger partial charge in [0.2, 0.25) is 0 Å². The van der Waals surface area contributed by atoms with Gasteiger partial charge in [-0.25, -0.2) is 4.99 Å². The zero-order valence-corrected chi connectivity index (χ0v) is 13.6. The fraction of sp³-hybridized carbons (Fsp3) is 0.118. The molecule has 2 aromatic rings. The molecule has 0 heterocycles. The Balaban J connectivity index is 1.88. The van der Waals surface area contributed by atoms with Gasteiger partial charge in [-0.3, -0.25) is 10.3 Å².